The van der Waals surface area contributed by atoms with Gasteiger partial charge in [0, 0.05) is 5.56 Å². The van der Waals surface area contributed by atoms with Gasteiger partial charge in [0.05, 0.1) is 12.2 Å². The lowest BCUT2D eigenvalue weighted by atomic mass is 10.0. The van der Waals surface area contributed by atoms with Crippen molar-refractivity contribution in [2.45, 2.75) is 13.3 Å². The largest absolute Gasteiger partial charge is 0.493 e. The molecule has 4 rings (SSSR count). The molecule has 0 aromatic heterocycles. The molecule has 1 N–H and O–H groups in total. The van der Waals surface area contributed by atoms with Gasteiger partial charge in [-0.2, -0.15) is 0 Å². The molecule has 1 aliphatic carbocycles. The van der Waals surface area contributed by atoms with E-state index in [-0.39, 0.29) is 18.9 Å². The third-order valence-corrected chi connectivity index (χ3v) is 5.31. The summed E-state index contributed by atoms with van der Waals surface area (Å²) in [4.78, 5) is 37.0. The minimum atomic E-state index is -0.688. The predicted octanol–water partition coefficient (Wildman–Crippen LogP) is 3.81. The maximum atomic E-state index is 12.6. The van der Waals surface area contributed by atoms with E-state index in [2.05, 4.69) is 11.4 Å². The van der Waals surface area contributed by atoms with E-state index < -0.39 is 11.9 Å². The molecule has 0 radical (unpaired) electrons. The third-order valence-electron chi connectivity index (χ3n) is 5.31. The van der Waals surface area contributed by atoms with Crippen LogP contribution < -0.4 is 10.1 Å². The molecule has 0 fully saturated rings. The summed E-state index contributed by atoms with van der Waals surface area (Å²) in [5, 5.41) is 2.50. The second kappa shape index (κ2) is 9.47. The van der Waals surface area contributed by atoms with Crippen LogP contribution in [0.5, 0.6) is 5.75 Å². The van der Waals surface area contributed by atoms with Gasteiger partial charge in [0.15, 0.2) is 12.4 Å². The average molecular weight is 429 g/mol. The quantitative estimate of drug-likeness (QED) is 0.340. The Bertz CT molecular complexity index is 1180. The molecule has 0 atom stereocenters. The summed E-state index contributed by atoms with van der Waals surface area (Å²) in [6, 6.07) is 20.4. The van der Waals surface area contributed by atoms with Gasteiger partial charge >= 0.3 is 5.97 Å². The molecule has 6 heteroatoms. The molecule has 32 heavy (non-hydrogen) atoms. The van der Waals surface area contributed by atoms with E-state index in [4.69, 9.17) is 9.47 Å². The molecule has 3 aromatic rings. The van der Waals surface area contributed by atoms with Crippen LogP contribution in [-0.2, 0) is 16.0 Å². The van der Waals surface area contributed by atoms with E-state index in [1.54, 1.807) is 30.3 Å². The molecule has 0 bridgehead atoms. The first-order valence-electron chi connectivity index (χ1n) is 10.5. The lowest BCUT2D eigenvalue weighted by molar-refractivity contribution is -0.141. The van der Waals surface area contributed by atoms with Gasteiger partial charge in [0.1, 0.15) is 12.3 Å². The summed E-state index contributed by atoms with van der Waals surface area (Å²) in [6.07, 6.45) is 0.848. The fourth-order valence-electron chi connectivity index (χ4n) is 3.76. The number of benzene rings is 3. The lowest BCUT2D eigenvalue weighted by Gasteiger charge is -2.10. The first-order valence-corrected chi connectivity index (χ1v) is 10.5. The Labute approximate surface area is 186 Å². The molecular formula is C26H23NO5. The monoisotopic (exact) mass is 429 g/mol. The molecule has 0 saturated carbocycles. The zero-order chi connectivity index (χ0) is 22.5. The number of hydrogen-bond acceptors (Lipinski definition) is 5. The second-order valence-corrected chi connectivity index (χ2v) is 7.40. The summed E-state index contributed by atoms with van der Waals surface area (Å²) >= 11 is 0. The van der Waals surface area contributed by atoms with E-state index in [1.807, 2.05) is 37.3 Å². The van der Waals surface area contributed by atoms with Crippen molar-refractivity contribution in [2.24, 2.45) is 0 Å². The smallest absolute Gasteiger partial charge is 0.325 e. The van der Waals surface area contributed by atoms with Gasteiger partial charge in [0.2, 0.25) is 0 Å². The van der Waals surface area contributed by atoms with Crippen LogP contribution >= 0.6 is 0 Å². The van der Waals surface area contributed by atoms with Gasteiger partial charge in [-0.15, -0.1) is 0 Å². The zero-order valence-corrected chi connectivity index (χ0v) is 17.7. The van der Waals surface area contributed by atoms with Crippen LogP contribution in [0.3, 0.4) is 0 Å². The summed E-state index contributed by atoms with van der Waals surface area (Å²) in [6.45, 7) is 1.51. The number of Topliss-reactive ketones (excluding diaryl/α,β-unsaturated/α-hetero) is 1. The van der Waals surface area contributed by atoms with E-state index >= 15 is 0 Å². The number of hydrogen-bond donors (Lipinski definition) is 1. The molecule has 0 heterocycles. The normalized spacial score (nSPS) is 11.3. The number of nitrogens with one attached hydrogen (secondary N) is 1. The number of amides is 1. The van der Waals surface area contributed by atoms with Crippen molar-refractivity contribution in [2.75, 3.05) is 19.8 Å². The first kappa shape index (κ1) is 21.3. The maximum Gasteiger partial charge on any atom is 0.325 e. The van der Waals surface area contributed by atoms with Crippen molar-refractivity contribution in [1.82, 2.24) is 5.32 Å². The summed E-state index contributed by atoms with van der Waals surface area (Å²) in [7, 11) is 0. The van der Waals surface area contributed by atoms with Crippen LogP contribution in [0.1, 0.15) is 38.8 Å². The number of carbonyl (C=O) groups is 3. The number of ether oxygens (including phenoxy) is 2. The maximum absolute atomic E-state index is 12.6. The number of rotatable bonds is 8. The van der Waals surface area contributed by atoms with Gasteiger partial charge in [0.25, 0.3) is 5.91 Å². The van der Waals surface area contributed by atoms with Crippen molar-refractivity contribution in [1.29, 1.82) is 0 Å². The van der Waals surface area contributed by atoms with Gasteiger partial charge in [-0.05, 0) is 53.8 Å². The Hall–Kier alpha value is -3.93. The van der Waals surface area contributed by atoms with Gasteiger partial charge in [-0.25, -0.2) is 0 Å². The second-order valence-electron chi connectivity index (χ2n) is 7.40. The van der Waals surface area contributed by atoms with Crippen molar-refractivity contribution in [3.05, 3.63) is 89.0 Å². The number of ketones is 1. The van der Waals surface area contributed by atoms with Crippen LogP contribution in [0.4, 0.5) is 0 Å². The molecular weight excluding hydrogens is 406 g/mol. The van der Waals surface area contributed by atoms with E-state index in [0.717, 1.165) is 17.5 Å². The van der Waals surface area contributed by atoms with Crippen LogP contribution in [0.25, 0.3) is 11.1 Å². The summed E-state index contributed by atoms with van der Waals surface area (Å²) in [5.41, 5.74) is 5.40. The van der Waals surface area contributed by atoms with Crippen molar-refractivity contribution in [3.8, 4) is 16.9 Å². The SMILES string of the molecule is CCOc1ccccc1C(=O)NCC(=O)OCC(=O)c1ccc2c(c1)-c1ccccc1C2. The minimum Gasteiger partial charge on any atom is -0.493 e. The summed E-state index contributed by atoms with van der Waals surface area (Å²) in [5.74, 6) is -0.991. The highest BCUT2D eigenvalue weighted by Crippen LogP contribution is 2.36. The Balaban J connectivity index is 1.32. The molecule has 0 unspecified atom stereocenters. The van der Waals surface area contributed by atoms with Crippen LogP contribution in [0, 0.1) is 0 Å². The topological polar surface area (TPSA) is 81.7 Å². The molecule has 1 aliphatic rings. The number of fused-ring (bicyclic) bond motifs is 3. The third kappa shape index (κ3) is 4.54. The van der Waals surface area contributed by atoms with Gasteiger partial charge < -0.3 is 14.8 Å². The fraction of sp³-hybridized carbons (Fsp3) is 0.192. The molecule has 162 valence electrons. The van der Waals surface area contributed by atoms with Gasteiger partial charge in [-0.3, -0.25) is 14.4 Å². The Kier molecular flexibility index (Phi) is 6.31. The number of esters is 1. The van der Waals surface area contributed by atoms with E-state index in [0.29, 0.717) is 23.5 Å². The van der Waals surface area contributed by atoms with Crippen LogP contribution in [0.15, 0.2) is 66.7 Å². The fourth-order valence-corrected chi connectivity index (χ4v) is 3.76. The first-order chi connectivity index (χ1) is 15.6. The average Bonchev–Trinajstić information content (AvgIpc) is 3.19. The molecule has 0 spiro atoms. The molecule has 6 nitrogen and oxygen atoms in total. The number of para-hydroxylation sites is 1. The predicted molar refractivity (Wildman–Crippen MR) is 120 cm³/mol. The number of carbonyl (C=O) groups excluding carboxylic acids is 3. The highest BCUT2D eigenvalue weighted by atomic mass is 16.5. The minimum absolute atomic E-state index is 0.293. The van der Waals surface area contributed by atoms with Crippen molar-refractivity contribution < 1.29 is 23.9 Å². The van der Waals surface area contributed by atoms with Gasteiger partial charge in [-0.1, -0.05) is 48.5 Å². The van der Waals surface area contributed by atoms with Crippen LogP contribution in [0.2, 0.25) is 0 Å². The molecule has 0 aliphatic heterocycles. The Morgan fingerprint density at radius 3 is 2.50 bits per heavy atom. The zero-order valence-electron chi connectivity index (χ0n) is 17.7. The Morgan fingerprint density at radius 2 is 1.66 bits per heavy atom. The molecule has 3 aromatic carbocycles. The lowest BCUT2D eigenvalue weighted by Crippen LogP contribution is -2.31. The van der Waals surface area contributed by atoms with E-state index in [1.165, 1.54) is 11.1 Å². The van der Waals surface area contributed by atoms with E-state index in [9.17, 15) is 14.4 Å². The van der Waals surface area contributed by atoms with Crippen molar-refractivity contribution >= 4 is 17.7 Å². The highest BCUT2D eigenvalue weighted by molar-refractivity contribution is 6.00. The Morgan fingerprint density at radius 1 is 0.906 bits per heavy atom. The van der Waals surface area contributed by atoms with Crippen molar-refractivity contribution in [3.63, 3.8) is 0 Å². The molecule has 1 amide bonds. The molecule has 0 saturated heterocycles. The standard InChI is InChI=1S/C26H23NO5/c1-2-31-24-10-6-5-9-21(24)26(30)27-15-25(29)32-16-23(28)19-12-11-18-13-17-7-3-4-8-20(17)22(18)14-19/h3-12,14H,2,13,15-16H2,1H3,(H,27,30). The summed E-state index contributed by atoms with van der Waals surface area (Å²) < 4.78 is 10.5. The highest BCUT2D eigenvalue weighted by Gasteiger charge is 2.20. The van der Waals surface area contributed by atoms with Crippen LogP contribution in [-0.4, -0.2) is 37.4 Å².